The lowest BCUT2D eigenvalue weighted by Gasteiger charge is -2.33. The van der Waals surface area contributed by atoms with Crippen LogP contribution >= 0.6 is 0 Å². The molecule has 22 heavy (non-hydrogen) atoms. The Kier molecular flexibility index (Phi) is 5.23. The van der Waals surface area contributed by atoms with Gasteiger partial charge in [0.2, 0.25) is 15.9 Å². The average molecular weight is 328 g/mol. The number of sulfonamides is 1. The van der Waals surface area contributed by atoms with Gasteiger partial charge >= 0.3 is 0 Å². The maximum absolute atomic E-state index is 12.2. The van der Waals surface area contributed by atoms with Crippen LogP contribution in [-0.4, -0.2) is 54.9 Å². The van der Waals surface area contributed by atoms with Crippen molar-refractivity contribution < 1.29 is 13.2 Å². The molecule has 0 radical (unpaired) electrons. The molecular formula is C14H24N4O3S. The fraction of sp³-hybridized carbons (Fsp3) is 0.714. The Morgan fingerprint density at radius 1 is 1.45 bits per heavy atom. The van der Waals surface area contributed by atoms with Crippen LogP contribution in [0.2, 0.25) is 0 Å². The minimum atomic E-state index is -3.24. The van der Waals surface area contributed by atoms with Gasteiger partial charge in [0.25, 0.3) is 0 Å². The molecule has 8 heteroatoms. The standard InChI is InChI=1S/C14H24N4O3S/c1-11-9-12(2)18(16-11)13-5-4-8-17(10-13)14(19)6-7-15-22(3,20)21/h9,13,15H,4-8,10H2,1-3H3/t13-/m1/s1. The zero-order valence-electron chi connectivity index (χ0n) is 13.4. The van der Waals surface area contributed by atoms with Crippen molar-refractivity contribution in [2.45, 2.75) is 39.2 Å². The normalized spacial score (nSPS) is 19.4. The molecule has 0 aliphatic carbocycles. The van der Waals surface area contributed by atoms with Crippen LogP contribution in [0.5, 0.6) is 0 Å². The SMILES string of the molecule is Cc1cc(C)n([C@@H]2CCCN(C(=O)CCNS(C)(=O)=O)C2)n1. The third kappa shape index (κ3) is 4.54. The summed E-state index contributed by atoms with van der Waals surface area (Å²) < 4.78 is 26.4. The molecule has 0 aromatic carbocycles. The molecule has 1 aliphatic rings. The van der Waals surface area contributed by atoms with Gasteiger partial charge in [0.15, 0.2) is 0 Å². The molecule has 1 amide bonds. The fourth-order valence-corrected chi connectivity index (χ4v) is 3.37. The summed E-state index contributed by atoms with van der Waals surface area (Å²) in [5, 5.41) is 4.51. The summed E-state index contributed by atoms with van der Waals surface area (Å²) in [6.45, 7) is 5.51. The van der Waals surface area contributed by atoms with Gasteiger partial charge in [-0.1, -0.05) is 0 Å². The lowest BCUT2D eigenvalue weighted by Crippen LogP contribution is -2.42. The number of aromatic nitrogens is 2. The molecule has 2 heterocycles. The van der Waals surface area contributed by atoms with Crippen molar-refractivity contribution >= 4 is 15.9 Å². The van der Waals surface area contributed by atoms with Crippen molar-refractivity contribution in [2.75, 3.05) is 25.9 Å². The molecule has 0 unspecified atom stereocenters. The highest BCUT2D eigenvalue weighted by atomic mass is 32.2. The molecule has 1 fully saturated rings. The number of carbonyl (C=O) groups is 1. The van der Waals surface area contributed by atoms with E-state index in [4.69, 9.17) is 0 Å². The van der Waals surface area contributed by atoms with Gasteiger partial charge in [0.05, 0.1) is 18.0 Å². The summed E-state index contributed by atoms with van der Waals surface area (Å²) in [6, 6.07) is 2.24. The number of aryl methyl sites for hydroxylation is 2. The first kappa shape index (κ1) is 17.0. The number of hydrogen-bond donors (Lipinski definition) is 1. The molecule has 124 valence electrons. The summed E-state index contributed by atoms with van der Waals surface area (Å²) in [7, 11) is -3.24. The van der Waals surface area contributed by atoms with E-state index in [-0.39, 0.29) is 24.9 Å². The number of likely N-dealkylation sites (tertiary alicyclic amines) is 1. The summed E-state index contributed by atoms with van der Waals surface area (Å²) >= 11 is 0. The van der Waals surface area contributed by atoms with E-state index in [1.807, 2.05) is 29.5 Å². The second kappa shape index (κ2) is 6.78. The Hall–Kier alpha value is -1.41. The van der Waals surface area contributed by atoms with Gasteiger partial charge in [0, 0.05) is 31.7 Å². The van der Waals surface area contributed by atoms with E-state index >= 15 is 0 Å². The van der Waals surface area contributed by atoms with Crippen LogP contribution in [0.15, 0.2) is 6.07 Å². The van der Waals surface area contributed by atoms with Gasteiger partial charge in [0.1, 0.15) is 0 Å². The zero-order chi connectivity index (χ0) is 16.3. The first-order valence-corrected chi connectivity index (χ1v) is 9.40. The molecule has 7 nitrogen and oxygen atoms in total. The van der Waals surface area contributed by atoms with E-state index in [2.05, 4.69) is 9.82 Å². The highest BCUT2D eigenvalue weighted by Gasteiger charge is 2.25. The van der Waals surface area contributed by atoms with Crippen molar-refractivity contribution in [1.29, 1.82) is 0 Å². The molecule has 0 spiro atoms. The first-order chi connectivity index (χ1) is 10.3. The molecule has 0 saturated carbocycles. The lowest BCUT2D eigenvalue weighted by atomic mass is 10.1. The zero-order valence-corrected chi connectivity index (χ0v) is 14.2. The third-order valence-corrected chi connectivity index (χ3v) is 4.57. The van der Waals surface area contributed by atoms with Crippen molar-refractivity contribution in [3.05, 3.63) is 17.5 Å². The topological polar surface area (TPSA) is 84.3 Å². The van der Waals surface area contributed by atoms with Crippen LogP contribution < -0.4 is 4.72 Å². The van der Waals surface area contributed by atoms with Gasteiger partial charge in [-0.25, -0.2) is 13.1 Å². The largest absolute Gasteiger partial charge is 0.341 e. The lowest BCUT2D eigenvalue weighted by molar-refractivity contribution is -0.132. The number of rotatable bonds is 5. The van der Waals surface area contributed by atoms with Gasteiger partial charge in [-0.05, 0) is 32.8 Å². The number of piperidine rings is 1. The Balaban J connectivity index is 1.93. The van der Waals surface area contributed by atoms with E-state index < -0.39 is 10.0 Å². The van der Waals surface area contributed by atoms with Crippen molar-refractivity contribution in [3.8, 4) is 0 Å². The van der Waals surface area contributed by atoms with E-state index in [0.717, 1.165) is 37.0 Å². The maximum atomic E-state index is 12.2. The van der Waals surface area contributed by atoms with Gasteiger partial charge in [-0.3, -0.25) is 9.48 Å². The number of nitrogens with one attached hydrogen (secondary N) is 1. The molecule has 1 saturated heterocycles. The Morgan fingerprint density at radius 2 is 2.18 bits per heavy atom. The molecule has 1 atom stereocenters. The minimum Gasteiger partial charge on any atom is -0.341 e. The predicted molar refractivity (Wildman–Crippen MR) is 84.0 cm³/mol. The van der Waals surface area contributed by atoms with Crippen LogP contribution in [-0.2, 0) is 14.8 Å². The van der Waals surface area contributed by atoms with Gasteiger partial charge in [-0.2, -0.15) is 5.10 Å². The van der Waals surface area contributed by atoms with Crippen molar-refractivity contribution in [1.82, 2.24) is 19.4 Å². The minimum absolute atomic E-state index is 0.0117. The molecule has 2 rings (SSSR count). The summed E-state index contributed by atoms with van der Waals surface area (Å²) in [6.07, 6.45) is 3.23. The second-order valence-electron chi connectivity index (χ2n) is 5.92. The molecule has 1 N–H and O–H groups in total. The van der Waals surface area contributed by atoms with Crippen LogP contribution in [0.3, 0.4) is 0 Å². The van der Waals surface area contributed by atoms with E-state index in [1.165, 1.54) is 0 Å². The van der Waals surface area contributed by atoms with Crippen LogP contribution in [0, 0.1) is 13.8 Å². The quantitative estimate of drug-likeness (QED) is 0.858. The van der Waals surface area contributed by atoms with Crippen molar-refractivity contribution in [2.24, 2.45) is 0 Å². The van der Waals surface area contributed by atoms with Gasteiger partial charge in [-0.15, -0.1) is 0 Å². The van der Waals surface area contributed by atoms with Crippen molar-refractivity contribution in [3.63, 3.8) is 0 Å². The van der Waals surface area contributed by atoms with Crippen LogP contribution in [0.25, 0.3) is 0 Å². The molecule has 0 bridgehead atoms. The molecule has 1 aromatic heterocycles. The number of carbonyl (C=O) groups excluding carboxylic acids is 1. The summed E-state index contributed by atoms with van der Waals surface area (Å²) in [5.74, 6) is -0.0117. The highest BCUT2D eigenvalue weighted by molar-refractivity contribution is 7.88. The van der Waals surface area contributed by atoms with Crippen LogP contribution in [0.1, 0.15) is 36.7 Å². The predicted octanol–water partition coefficient (Wildman–Crippen LogP) is 0.603. The van der Waals surface area contributed by atoms with E-state index in [1.54, 1.807) is 0 Å². The summed E-state index contributed by atoms with van der Waals surface area (Å²) in [4.78, 5) is 14.0. The third-order valence-electron chi connectivity index (χ3n) is 3.84. The van der Waals surface area contributed by atoms with Gasteiger partial charge < -0.3 is 4.90 Å². The first-order valence-electron chi connectivity index (χ1n) is 7.51. The Morgan fingerprint density at radius 3 is 2.77 bits per heavy atom. The smallest absolute Gasteiger partial charge is 0.223 e. The monoisotopic (exact) mass is 328 g/mol. The summed E-state index contributed by atoms with van der Waals surface area (Å²) in [5.41, 5.74) is 2.09. The average Bonchev–Trinajstić information content (AvgIpc) is 2.76. The molecule has 1 aliphatic heterocycles. The number of hydrogen-bond acceptors (Lipinski definition) is 4. The molecule has 1 aromatic rings. The maximum Gasteiger partial charge on any atom is 0.223 e. The molecular weight excluding hydrogens is 304 g/mol. The van der Waals surface area contributed by atoms with E-state index in [9.17, 15) is 13.2 Å². The number of nitrogens with zero attached hydrogens (tertiary/aromatic N) is 3. The highest BCUT2D eigenvalue weighted by Crippen LogP contribution is 2.23. The van der Waals surface area contributed by atoms with Crippen LogP contribution in [0.4, 0.5) is 0 Å². The Bertz CT molecular complexity index is 639. The Labute approximate surface area is 131 Å². The fourth-order valence-electron chi connectivity index (χ4n) is 2.90. The number of amides is 1. The van der Waals surface area contributed by atoms with E-state index in [0.29, 0.717) is 6.54 Å². The second-order valence-corrected chi connectivity index (χ2v) is 7.76.